The maximum absolute atomic E-state index is 5.02. The summed E-state index contributed by atoms with van der Waals surface area (Å²) in [6, 6.07) is 1.97. The van der Waals surface area contributed by atoms with Crippen LogP contribution in [0.2, 0.25) is 0 Å². The van der Waals surface area contributed by atoms with Gasteiger partial charge >= 0.3 is 0 Å². The molecule has 2 rings (SSSR count). The fourth-order valence-corrected chi connectivity index (χ4v) is 2.41. The number of pyridine rings is 1. The molecule has 112 valence electrons. The van der Waals surface area contributed by atoms with Gasteiger partial charge in [-0.3, -0.25) is 4.98 Å². The van der Waals surface area contributed by atoms with Crippen LogP contribution in [0.15, 0.2) is 22.9 Å². The van der Waals surface area contributed by atoms with Crippen LogP contribution in [0.5, 0.6) is 0 Å². The molecule has 5 nitrogen and oxygen atoms in total. The molecule has 2 aromatic rings. The maximum Gasteiger partial charge on any atom is 0.161 e. The van der Waals surface area contributed by atoms with Crippen LogP contribution in [0, 0.1) is 13.8 Å². The van der Waals surface area contributed by atoms with Gasteiger partial charge in [0.15, 0.2) is 5.82 Å². The molecule has 0 bridgehead atoms. The summed E-state index contributed by atoms with van der Waals surface area (Å²) >= 11 is 3.42. The van der Waals surface area contributed by atoms with Crippen LogP contribution < -0.4 is 5.32 Å². The smallest absolute Gasteiger partial charge is 0.161 e. The Morgan fingerprint density at radius 2 is 1.90 bits per heavy atom. The Balaban J connectivity index is 2.20. The van der Waals surface area contributed by atoms with Gasteiger partial charge in [0.25, 0.3) is 0 Å². The summed E-state index contributed by atoms with van der Waals surface area (Å²) in [6.45, 7) is 6.28. The number of aromatic nitrogens is 3. The summed E-state index contributed by atoms with van der Waals surface area (Å²) in [5.41, 5.74) is 4.03. The zero-order chi connectivity index (χ0) is 15.2. The molecular weight excluding hydrogens is 332 g/mol. The van der Waals surface area contributed by atoms with Crippen LogP contribution >= 0.6 is 15.9 Å². The standard InChI is InChI=1S/C15H19BrN4O/c1-10-14(9-17-4-5-21-3)11(2)20-15(19-10)12-6-13(16)8-18-7-12/h6-8,17H,4-5,9H2,1-3H3. The lowest BCUT2D eigenvalue weighted by Crippen LogP contribution is -2.20. The molecule has 2 heterocycles. The molecule has 2 aromatic heterocycles. The molecule has 0 aromatic carbocycles. The number of hydrogen-bond acceptors (Lipinski definition) is 5. The van der Waals surface area contributed by atoms with Crippen molar-refractivity contribution in [3.05, 3.63) is 39.9 Å². The van der Waals surface area contributed by atoms with E-state index in [2.05, 4.69) is 36.2 Å². The van der Waals surface area contributed by atoms with Crippen molar-refractivity contribution in [2.75, 3.05) is 20.3 Å². The van der Waals surface area contributed by atoms with Crippen LogP contribution in [0.3, 0.4) is 0 Å². The number of hydrogen-bond donors (Lipinski definition) is 1. The summed E-state index contributed by atoms with van der Waals surface area (Å²) in [7, 11) is 1.70. The molecule has 0 saturated heterocycles. The molecule has 1 N–H and O–H groups in total. The van der Waals surface area contributed by atoms with Crippen LogP contribution in [-0.4, -0.2) is 35.2 Å². The summed E-state index contributed by atoms with van der Waals surface area (Å²) in [4.78, 5) is 13.4. The van der Waals surface area contributed by atoms with Crippen molar-refractivity contribution in [1.29, 1.82) is 0 Å². The SMILES string of the molecule is COCCNCc1c(C)nc(-c2cncc(Br)c2)nc1C. The third-order valence-electron chi connectivity index (χ3n) is 3.17. The van der Waals surface area contributed by atoms with Crippen LogP contribution in [0.4, 0.5) is 0 Å². The second-order valence-electron chi connectivity index (χ2n) is 4.76. The molecule has 0 atom stereocenters. The quantitative estimate of drug-likeness (QED) is 0.811. The largest absolute Gasteiger partial charge is 0.383 e. The van der Waals surface area contributed by atoms with Gasteiger partial charge in [0.2, 0.25) is 0 Å². The minimum atomic E-state index is 0.695. The normalized spacial score (nSPS) is 10.9. The van der Waals surface area contributed by atoms with Crippen LogP contribution in [-0.2, 0) is 11.3 Å². The topological polar surface area (TPSA) is 59.9 Å². The minimum Gasteiger partial charge on any atom is -0.383 e. The van der Waals surface area contributed by atoms with Crippen molar-refractivity contribution >= 4 is 15.9 Å². The molecule has 0 aliphatic heterocycles. The van der Waals surface area contributed by atoms with Gasteiger partial charge in [-0.2, -0.15) is 0 Å². The van der Waals surface area contributed by atoms with Crippen LogP contribution in [0.1, 0.15) is 17.0 Å². The molecule has 0 spiro atoms. The average molecular weight is 351 g/mol. The molecular formula is C15H19BrN4O. The van der Waals surface area contributed by atoms with Gasteiger partial charge < -0.3 is 10.1 Å². The van der Waals surface area contributed by atoms with E-state index in [1.54, 1.807) is 19.5 Å². The van der Waals surface area contributed by atoms with Crippen molar-refractivity contribution in [3.63, 3.8) is 0 Å². The predicted molar refractivity (Wildman–Crippen MR) is 86.0 cm³/mol. The zero-order valence-electron chi connectivity index (χ0n) is 12.5. The zero-order valence-corrected chi connectivity index (χ0v) is 14.1. The Labute approximate surface area is 133 Å². The summed E-state index contributed by atoms with van der Waals surface area (Å²) in [5, 5.41) is 3.33. The Morgan fingerprint density at radius 3 is 2.52 bits per heavy atom. The number of methoxy groups -OCH3 is 1. The fraction of sp³-hybridized carbons (Fsp3) is 0.400. The van der Waals surface area contributed by atoms with Gasteiger partial charge in [-0.15, -0.1) is 0 Å². The van der Waals surface area contributed by atoms with Crippen molar-refractivity contribution in [3.8, 4) is 11.4 Å². The third-order valence-corrected chi connectivity index (χ3v) is 3.60. The maximum atomic E-state index is 5.02. The summed E-state index contributed by atoms with van der Waals surface area (Å²) in [6.07, 6.45) is 3.52. The van der Waals surface area contributed by atoms with Crippen LogP contribution in [0.25, 0.3) is 11.4 Å². The van der Waals surface area contributed by atoms with E-state index in [0.29, 0.717) is 12.4 Å². The van der Waals surface area contributed by atoms with Gasteiger partial charge in [0.05, 0.1) is 6.61 Å². The van der Waals surface area contributed by atoms with E-state index in [1.165, 1.54) is 0 Å². The lowest BCUT2D eigenvalue weighted by Gasteiger charge is -2.12. The first-order valence-electron chi connectivity index (χ1n) is 6.76. The monoisotopic (exact) mass is 350 g/mol. The second kappa shape index (κ2) is 7.59. The average Bonchev–Trinajstić information content (AvgIpc) is 2.45. The number of ether oxygens (including phenoxy) is 1. The molecule has 0 aliphatic carbocycles. The lowest BCUT2D eigenvalue weighted by atomic mass is 10.1. The van der Waals surface area contributed by atoms with E-state index < -0.39 is 0 Å². The molecule has 0 amide bonds. The highest BCUT2D eigenvalue weighted by atomic mass is 79.9. The molecule has 0 saturated carbocycles. The summed E-state index contributed by atoms with van der Waals surface area (Å²) in [5.74, 6) is 0.708. The van der Waals surface area contributed by atoms with E-state index in [9.17, 15) is 0 Å². The van der Waals surface area contributed by atoms with E-state index in [4.69, 9.17) is 4.74 Å². The summed E-state index contributed by atoms with van der Waals surface area (Å²) < 4.78 is 5.94. The predicted octanol–water partition coefficient (Wildman–Crippen LogP) is 2.65. The highest BCUT2D eigenvalue weighted by molar-refractivity contribution is 9.10. The molecule has 0 fully saturated rings. The highest BCUT2D eigenvalue weighted by Gasteiger charge is 2.10. The Kier molecular flexibility index (Phi) is 5.78. The van der Waals surface area contributed by atoms with E-state index >= 15 is 0 Å². The molecule has 6 heteroatoms. The second-order valence-corrected chi connectivity index (χ2v) is 5.67. The lowest BCUT2D eigenvalue weighted by molar-refractivity contribution is 0.199. The number of halogens is 1. The first kappa shape index (κ1) is 16.0. The number of rotatable bonds is 6. The molecule has 0 radical (unpaired) electrons. The Morgan fingerprint density at radius 1 is 1.19 bits per heavy atom. The van der Waals surface area contributed by atoms with Gasteiger partial charge in [0, 0.05) is 59.6 Å². The fourth-order valence-electron chi connectivity index (χ4n) is 2.05. The van der Waals surface area contributed by atoms with E-state index in [0.717, 1.165) is 40.1 Å². The molecule has 0 aliphatic rings. The molecule has 21 heavy (non-hydrogen) atoms. The highest BCUT2D eigenvalue weighted by Crippen LogP contribution is 2.21. The minimum absolute atomic E-state index is 0.695. The van der Waals surface area contributed by atoms with Crippen molar-refractivity contribution in [2.24, 2.45) is 0 Å². The number of aryl methyl sites for hydroxylation is 2. The van der Waals surface area contributed by atoms with Crippen molar-refractivity contribution in [1.82, 2.24) is 20.3 Å². The Bertz CT molecular complexity index is 595. The number of nitrogens with zero attached hydrogens (tertiary/aromatic N) is 3. The van der Waals surface area contributed by atoms with Crippen molar-refractivity contribution in [2.45, 2.75) is 20.4 Å². The van der Waals surface area contributed by atoms with Gasteiger partial charge in [-0.05, 0) is 35.8 Å². The van der Waals surface area contributed by atoms with Gasteiger partial charge in [-0.1, -0.05) is 0 Å². The Hall–Kier alpha value is -1.37. The number of nitrogens with one attached hydrogen (secondary N) is 1. The third kappa shape index (κ3) is 4.30. The molecule has 0 unspecified atom stereocenters. The van der Waals surface area contributed by atoms with Gasteiger partial charge in [0.1, 0.15) is 0 Å². The van der Waals surface area contributed by atoms with Crippen molar-refractivity contribution < 1.29 is 4.74 Å². The van der Waals surface area contributed by atoms with E-state index in [1.807, 2.05) is 19.9 Å². The first-order chi connectivity index (χ1) is 10.1. The van der Waals surface area contributed by atoms with Gasteiger partial charge in [-0.25, -0.2) is 9.97 Å². The first-order valence-corrected chi connectivity index (χ1v) is 7.56. The van der Waals surface area contributed by atoms with E-state index in [-0.39, 0.29) is 0 Å².